The Bertz CT molecular complexity index is 232. The molecule has 0 rings (SSSR count). The normalized spacial score (nSPS) is 14.7. The first kappa shape index (κ1) is 15.4. The quantitative estimate of drug-likeness (QED) is 0.657. The number of hydrogen-bond donors (Lipinski definition) is 3. The van der Waals surface area contributed by atoms with Crippen LogP contribution in [0.5, 0.6) is 0 Å². The predicted molar refractivity (Wildman–Crippen MR) is 66.2 cm³/mol. The second kappa shape index (κ2) is 5.64. The van der Waals surface area contributed by atoms with Crippen molar-refractivity contribution in [3.63, 3.8) is 0 Å². The van der Waals surface area contributed by atoms with Crippen molar-refractivity contribution < 1.29 is 9.90 Å². The van der Waals surface area contributed by atoms with E-state index in [1.807, 2.05) is 41.5 Å². The van der Waals surface area contributed by atoms with E-state index in [2.05, 4.69) is 10.6 Å². The molecule has 1 amide bonds. The molecule has 4 heteroatoms. The van der Waals surface area contributed by atoms with Crippen LogP contribution < -0.4 is 10.6 Å². The summed E-state index contributed by atoms with van der Waals surface area (Å²) in [4.78, 5) is 11.7. The zero-order valence-electron chi connectivity index (χ0n) is 11.3. The zero-order valence-corrected chi connectivity index (χ0v) is 11.3. The molecule has 96 valence electrons. The van der Waals surface area contributed by atoms with Gasteiger partial charge in [0.25, 0.3) is 0 Å². The number of carbonyl (C=O) groups excluding carboxylic acids is 1. The molecule has 0 aromatic rings. The number of aliphatic hydroxyl groups is 1. The number of amides is 1. The summed E-state index contributed by atoms with van der Waals surface area (Å²) in [5.74, 6) is -0.0127. The molecule has 1 unspecified atom stereocenters. The molecule has 16 heavy (non-hydrogen) atoms. The van der Waals surface area contributed by atoms with E-state index >= 15 is 0 Å². The second-order valence-electron chi connectivity index (χ2n) is 6.16. The maximum atomic E-state index is 11.7. The average Bonchev–Trinajstić information content (AvgIpc) is 2.11. The van der Waals surface area contributed by atoms with Crippen LogP contribution in [0.15, 0.2) is 0 Å². The summed E-state index contributed by atoms with van der Waals surface area (Å²) in [7, 11) is 0. The number of rotatable bonds is 5. The van der Waals surface area contributed by atoms with Gasteiger partial charge >= 0.3 is 0 Å². The van der Waals surface area contributed by atoms with Crippen LogP contribution in [0.25, 0.3) is 0 Å². The molecular formula is C12H26N2O2. The highest BCUT2D eigenvalue weighted by Crippen LogP contribution is 2.11. The van der Waals surface area contributed by atoms with Crippen molar-refractivity contribution in [2.24, 2.45) is 5.41 Å². The van der Waals surface area contributed by atoms with E-state index in [0.717, 1.165) is 0 Å². The Labute approximate surface area is 98.8 Å². The van der Waals surface area contributed by atoms with Gasteiger partial charge in [-0.1, -0.05) is 13.8 Å². The van der Waals surface area contributed by atoms with E-state index in [9.17, 15) is 4.79 Å². The summed E-state index contributed by atoms with van der Waals surface area (Å²) in [6.45, 7) is 12.3. The number of nitrogens with one attached hydrogen (secondary N) is 2. The predicted octanol–water partition coefficient (Wildman–Crippen LogP) is 0.898. The summed E-state index contributed by atoms with van der Waals surface area (Å²) in [5.41, 5.74) is -0.407. The minimum atomic E-state index is -0.245. The highest BCUT2D eigenvalue weighted by atomic mass is 16.3. The maximum Gasteiger partial charge on any atom is 0.237 e. The topological polar surface area (TPSA) is 61.4 Å². The van der Waals surface area contributed by atoms with Crippen molar-refractivity contribution >= 4 is 5.91 Å². The number of aliphatic hydroxyl groups excluding tert-OH is 1. The van der Waals surface area contributed by atoms with E-state index in [-0.39, 0.29) is 29.5 Å². The molecule has 0 saturated heterocycles. The van der Waals surface area contributed by atoms with Gasteiger partial charge in [-0.05, 0) is 27.7 Å². The molecule has 1 atom stereocenters. The van der Waals surface area contributed by atoms with E-state index in [1.165, 1.54) is 0 Å². The van der Waals surface area contributed by atoms with Crippen LogP contribution >= 0.6 is 0 Å². The van der Waals surface area contributed by atoms with E-state index in [0.29, 0.717) is 6.54 Å². The van der Waals surface area contributed by atoms with Crippen LogP contribution in [-0.2, 0) is 4.79 Å². The summed E-state index contributed by atoms with van der Waals surface area (Å²) >= 11 is 0. The summed E-state index contributed by atoms with van der Waals surface area (Å²) in [6, 6.07) is -0.245. The van der Waals surface area contributed by atoms with Crippen molar-refractivity contribution in [2.75, 3.05) is 13.2 Å². The van der Waals surface area contributed by atoms with Gasteiger partial charge in [0.15, 0.2) is 0 Å². The Hall–Kier alpha value is -0.610. The van der Waals surface area contributed by atoms with Crippen molar-refractivity contribution in [1.29, 1.82) is 0 Å². The van der Waals surface area contributed by atoms with E-state index < -0.39 is 0 Å². The zero-order chi connectivity index (χ0) is 13.0. The van der Waals surface area contributed by atoms with Crippen molar-refractivity contribution in [1.82, 2.24) is 10.6 Å². The first-order valence-electron chi connectivity index (χ1n) is 5.74. The largest absolute Gasteiger partial charge is 0.396 e. The third kappa shape index (κ3) is 6.80. The Balaban J connectivity index is 4.08. The van der Waals surface area contributed by atoms with Gasteiger partial charge in [0.1, 0.15) is 0 Å². The smallest absolute Gasteiger partial charge is 0.237 e. The molecule has 0 aliphatic heterocycles. The molecule has 0 spiro atoms. The molecule has 0 aromatic heterocycles. The van der Waals surface area contributed by atoms with Crippen LogP contribution in [0.3, 0.4) is 0 Å². The Morgan fingerprint density at radius 3 is 2.12 bits per heavy atom. The van der Waals surface area contributed by atoms with E-state index in [4.69, 9.17) is 5.11 Å². The Kier molecular flexibility index (Phi) is 5.42. The fourth-order valence-electron chi connectivity index (χ4n) is 1.06. The molecule has 0 radical (unpaired) electrons. The molecule has 0 aliphatic rings. The fraction of sp³-hybridized carbons (Fsp3) is 0.917. The fourth-order valence-corrected chi connectivity index (χ4v) is 1.06. The van der Waals surface area contributed by atoms with Crippen LogP contribution in [0.2, 0.25) is 0 Å². The van der Waals surface area contributed by atoms with Gasteiger partial charge in [-0.15, -0.1) is 0 Å². The number of carbonyl (C=O) groups is 1. The van der Waals surface area contributed by atoms with Crippen LogP contribution in [0.1, 0.15) is 41.5 Å². The third-order valence-electron chi connectivity index (χ3n) is 2.21. The van der Waals surface area contributed by atoms with Gasteiger partial charge in [0.05, 0.1) is 6.04 Å². The van der Waals surface area contributed by atoms with Gasteiger partial charge in [0, 0.05) is 24.1 Å². The van der Waals surface area contributed by atoms with Gasteiger partial charge in [0.2, 0.25) is 5.91 Å². The SMILES string of the molecule is CC(NCC(C)(C)CO)C(=O)NC(C)(C)C. The van der Waals surface area contributed by atoms with Crippen LogP contribution in [0.4, 0.5) is 0 Å². The molecule has 0 fully saturated rings. The molecule has 0 heterocycles. The molecule has 3 N–H and O–H groups in total. The average molecular weight is 230 g/mol. The number of hydrogen-bond acceptors (Lipinski definition) is 3. The molecule has 0 aromatic carbocycles. The highest BCUT2D eigenvalue weighted by Gasteiger charge is 2.22. The summed E-state index contributed by atoms with van der Waals surface area (Å²) in [6.07, 6.45) is 0. The van der Waals surface area contributed by atoms with Crippen molar-refractivity contribution in [3.8, 4) is 0 Å². The lowest BCUT2D eigenvalue weighted by molar-refractivity contribution is -0.124. The molecule has 0 bridgehead atoms. The first-order valence-corrected chi connectivity index (χ1v) is 5.74. The first-order chi connectivity index (χ1) is 7.07. The molecular weight excluding hydrogens is 204 g/mol. The lowest BCUT2D eigenvalue weighted by atomic mass is 9.94. The van der Waals surface area contributed by atoms with Crippen LogP contribution in [0, 0.1) is 5.41 Å². The standard InChI is InChI=1S/C12H26N2O2/c1-9(10(16)14-11(2,3)4)13-7-12(5,6)8-15/h9,13,15H,7-8H2,1-6H3,(H,14,16). The van der Waals surface area contributed by atoms with Gasteiger partial charge in [-0.2, -0.15) is 0 Å². The molecule has 0 saturated carbocycles. The second-order valence-corrected chi connectivity index (χ2v) is 6.16. The van der Waals surface area contributed by atoms with Gasteiger partial charge < -0.3 is 15.7 Å². The molecule has 0 aliphatic carbocycles. The van der Waals surface area contributed by atoms with Gasteiger partial charge in [-0.3, -0.25) is 4.79 Å². The third-order valence-corrected chi connectivity index (χ3v) is 2.21. The van der Waals surface area contributed by atoms with Crippen LogP contribution in [-0.4, -0.2) is 35.7 Å². The molecule has 4 nitrogen and oxygen atoms in total. The monoisotopic (exact) mass is 230 g/mol. The minimum Gasteiger partial charge on any atom is -0.396 e. The van der Waals surface area contributed by atoms with Crippen molar-refractivity contribution in [3.05, 3.63) is 0 Å². The summed E-state index contributed by atoms with van der Waals surface area (Å²) < 4.78 is 0. The Morgan fingerprint density at radius 2 is 1.75 bits per heavy atom. The highest BCUT2D eigenvalue weighted by molar-refractivity contribution is 5.81. The Morgan fingerprint density at radius 1 is 1.25 bits per heavy atom. The van der Waals surface area contributed by atoms with Gasteiger partial charge in [-0.25, -0.2) is 0 Å². The maximum absolute atomic E-state index is 11.7. The lowest BCUT2D eigenvalue weighted by Gasteiger charge is -2.27. The summed E-state index contributed by atoms with van der Waals surface area (Å²) in [5, 5.41) is 15.1. The minimum absolute atomic E-state index is 0.0127. The van der Waals surface area contributed by atoms with Crippen molar-refractivity contribution in [2.45, 2.75) is 53.1 Å². The lowest BCUT2D eigenvalue weighted by Crippen LogP contribution is -2.51. The van der Waals surface area contributed by atoms with E-state index in [1.54, 1.807) is 0 Å².